The molecule has 0 radical (unpaired) electrons. The molecule has 2 unspecified atom stereocenters. The van der Waals surface area contributed by atoms with Crippen LogP contribution in [0.3, 0.4) is 0 Å². The second-order valence-electron chi connectivity index (χ2n) is 5.46. The third kappa shape index (κ3) is 3.35. The number of hydrogen-bond acceptors (Lipinski definition) is 1. The lowest BCUT2D eigenvalue weighted by Gasteiger charge is -2.11. The molecule has 1 saturated carbocycles. The molecule has 2 rings (SSSR count). The van der Waals surface area contributed by atoms with Gasteiger partial charge in [0.15, 0.2) is 0 Å². The number of carbonyl (C=O) groups excluding carboxylic acids is 1. The number of aryl methyl sites for hydroxylation is 1. The minimum absolute atomic E-state index is 0.0464. The van der Waals surface area contributed by atoms with E-state index in [1.807, 2.05) is 25.1 Å². The number of nitrogens with one attached hydrogen (secondary N) is 1. The van der Waals surface area contributed by atoms with E-state index in [1.165, 1.54) is 19.3 Å². The first kappa shape index (κ1) is 13.6. The quantitative estimate of drug-likeness (QED) is 0.900. The first-order valence-corrected chi connectivity index (χ1v) is 7.40. The predicted molar refractivity (Wildman–Crippen MR) is 77.7 cm³/mol. The van der Waals surface area contributed by atoms with E-state index in [4.69, 9.17) is 0 Å². The molecule has 0 aliphatic heterocycles. The lowest BCUT2D eigenvalue weighted by Crippen LogP contribution is -2.28. The average molecular weight is 310 g/mol. The Kier molecular flexibility index (Phi) is 4.44. The Bertz CT molecular complexity index is 444. The molecule has 0 spiro atoms. The van der Waals surface area contributed by atoms with Crippen LogP contribution in [-0.4, -0.2) is 12.5 Å². The normalized spacial score (nSPS) is 23.1. The van der Waals surface area contributed by atoms with Gasteiger partial charge in [-0.15, -0.1) is 0 Å². The van der Waals surface area contributed by atoms with Crippen LogP contribution in [-0.2, 0) is 0 Å². The Morgan fingerprint density at radius 1 is 1.44 bits per heavy atom. The summed E-state index contributed by atoms with van der Waals surface area (Å²) in [6, 6.07) is 5.72. The van der Waals surface area contributed by atoms with Crippen LogP contribution in [0.25, 0.3) is 0 Å². The molecule has 1 amide bonds. The average Bonchev–Trinajstić information content (AvgIpc) is 2.75. The van der Waals surface area contributed by atoms with Crippen LogP contribution in [0.5, 0.6) is 0 Å². The van der Waals surface area contributed by atoms with Gasteiger partial charge in [0.05, 0.1) is 0 Å². The molecule has 2 nitrogen and oxygen atoms in total. The minimum atomic E-state index is 0.0464. The van der Waals surface area contributed by atoms with Gasteiger partial charge in [-0.25, -0.2) is 0 Å². The maximum Gasteiger partial charge on any atom is 0.251 e. The standard InChI is InChI=1S/C15H20BrNO/c1-10-3-4-12(7-10)9-17-15(18)13-5-6-14(16)11(2)8-13/h5-6,8,10,12H,3-4,7,9H2,1-2H3,(H,17,18). The molecule has 3 heteroatoms. The van der Waals surface area contributed by atoms with Crippen LogP contribution in [0.15, 0.2) is 22.7 Å². The van der Waals surface area contributed by atoms with Crippen LogP contribution in [0.4, 0.5) is 0 Å². The SMILES string of the molecule is Cc1cc(C(=O)NCC2CCC(C)C2)ccc1Br. The molecule has 18 heavy (non-hydrogen) atoms. The molecule has 0 heterocycles. The molecular weight excluding hydrogens is 290 g/mol. The van der Waals surface area contributed by atoms with Crippen molar-refractivity contribution >= 4 is 21.8 Å². The summed E-state index contributed by atoms with van der Waals surface area (Å²) < 4.78 is 1.05. The maximum absolute atomic E-state index is 12.0. The first-order valence-electron chi connectivity index (χ1n) is 6.60. The van der Waals surface area contributed by atoms with E-state index in [1.54, 1.807) is 0 Å². The number of hydrogen-bond donors (Lipinski definition) is 1. The second-order valence-corrected chi connectivity index (χ2v) is 6.31. The zero-order valence-electron chi connectivity index (χ0n) is 11.0. The Morgan fingerprint density at radius 3 is 2.83 bits per heavy atom. The molecule has 1 aromatic rings. The molecule has 0 aromatic heterocycles. The molecular formula is C15H20BrNO. The van der Waals surface area contributed by atoms with Gasteiger partial charge in [0, 0.05) is 16.6 Å². The van der Waals surface area contributed by atoms with E-state index in [-0.39, 0.29) is 5.91 Å². The molecule has 1 fully saturated rings. The molecule has 1 N–H and O–H groups in total. The highest BCUT2D eigenvalue weighted by Crippen LogP contribution is 2.29. The van der Waals surface area contributed by atoms with Crippen molar-refractivity contribution in [2.24, 2.45) is 11.8 Å². The van der Waals surface area contributed by atoms with Crippen molar-refractivity contribution in [1.29, 1.82) is 0 Å². The maximum atomic E-state index is 12.0. The summed E-state index contributed by atoms with van der Waals surface area (Å²) in [5.74, 6) is 1.53. The van der Waals surface area contributed by atoms with Gasteiger partial charge < -0.3 is 5.32 Å². The van der Waals surface area contributed by atoms with Gasteiger partial charge in [-0.2, -0.15) is 0 Å². The third-order valence-electron chi connectivity index (χ3n) is 3.77. The fraction of sp³-hybridized carbons (Fsp3) is 0.533. The zero-order chi connectivity index (χ0) is 13.1. The largest absolute Gasteiger partial charge is 0.352 e. The molecule has 0 bridgehead atoms. The predicted octanol–water partition coefficient (Wildman–Crippen LogP) is 3.92. The molecule has 1 aliphatic carbocycles. The van der Waals surface area contributed by atoms with Crippen molar-refractivity contribution in [2.75, 3.05) is 6.54 Å². The monoisotopic (exact) mass is 309 g/mol. The van der Waals surface area contributed by atoms with E-state index < -0.39 is 0 Å². The number of carbonyl (C=O) groups is 1. The van der Waals surface area contributed by atoms with E-state index >= 15 is 0 Å². The highest BCUT2D eigenvalue weighted by Gasteiger charge is 2.21. The summed E-state index contributed by atoms with van der Waals surface area (Å²) in [6.45, 7) is 5.11. The van der Waals surface area contributed by atoms with Crippen LogP contribution in [0, 0.1) is 18.8 Å². The zero-order valence-corrected chi connectivity index (χ0v) is 12.6. The van der Waals surface area contributed by atoms with Crippen LogP contribution in [0.1, 0.15) is 42.1 Å². The van der Waals surface area contributed by atoms with E-state index in [0.717, 1.165) is 28.1 Å². The summed E-state index contributed by atoms with van der Waals surface area (Å²) >= 11 is 3.45. The molecule has 2 atom stereocenters. The smallest absolute Gasteiger partial charge is 0.251 e. The van der Waals surface area contributed by atoms with E-state index in [2.05, 4.69) is 28.2 Å². The fourth-order valence-electron chi connectivity index (χ4n) is 2.64. The van der Waals surface area contributed by atoms with Gasteiger partial charge in [0.1, 0.15) is 0 Å². The number of amides is 1. The number of rotatable bonds is 3. The van der Waals surface area contributed by atoms with Gasteiger partial charge in [-0.05, 0) is 55.4 Å². The first-order chi connectivity index (χ1) is 8.56. The van der Waals surface area contributed by atoms with Crippen LogP contribution < -0.4 is 5.32 Å². The van der Waals surface area contributed by atoms with Gasteiger partial charge in [0.2, 0.25) is 0 Å². The van der Waals surface area contributed by atoms with E-state index in [9.17, 15) is 4.79 Å². The third-order valence-corrected chi connectivity index (χ3v) is 4.66. The summed E-state index contributed by atoms with van der Waals surface area (Å²) in [5, 5.41) is 3.05. The van der Waals surface area contributed by atoms with E-state index in [0.29, 0.717) is 5.92 Å². The molecule has 0 saturated heterocycles. The fourth-order valence-corrected chi connectivity index (χ4v) is 2.88. The van der Waals surface area contributed by atoms with Crippen LogP contribution >= 0.6 is 15.9 Å². The number of benzene rings is 1. The van der Waals surface area contributed by atoms with Crippen molar-refractivity contribution in [3.63, 3.8) is 0 Å². The topological polar surface area (TPSA) is 29.1 Å². The van der Waals surface area contributed by atoms with Gasteiger partial charge >= 0.3 is 0 Å². The lowest BCUT2D eigenvalue weighted by atomic mass is 10.1. The lowest BCUT2D eigenvalue weighted by molar-refractivity contribution is 0.0947. The molecule has 1 aliphatic rings. The Morgan fingerprint density at radius 2 is 2.22 bits per heavy atom. The number of halogens is 1. The Balaban J connectivity index is 1.89. The van der Waals surface area contributed by atoms with Crippen molar-refractivity contribution in [1.82, 2.24) is 5.32 Å². The van der Waals surface area contributed by atoms with Crippen molar-refractivity contribution < 1.29 is 4.79 Å². The van der Waals surface area contributed by atoms with Crippen molar-refractivity contribution in [2.45, 2.75) is 33.1 Å². The van der Waals surface area contributed by atoms with Gasteiger partial charge in [-0.1, -0.05) is 29.3 Å². The molecule has 98 valence electrons. The Labute approximate surface area is 117 Å². The van der Waals surface area contributed by atoms with Gasteiger partial charge in [0.25, 0.3) is 5.91 Å². The minimum Gasteiger partial charge on any atom is -0.352 e. The van der Waals surface area contributed by atoms with Gasteiger partial charge in [-0.3, -0.25) is 4.79 Å². The van der Waals surface area contributed by atoms with Crippen molar-refractivity contribution in [3.05, 3.63) is 33.8 Å². The summed E-state index contributed by atoms with van der Waals surface area (Å²) in [4.78, 5) is 12.0. The summed E-state index contributed by atoms with van der Waals surface area (Å²) in [7, 11) is 0. The highest BCUT2D eigenvalue weighted by molar-refractivity contribution is 9.10. The second kappa shape index (κ2) is 5.87. The van der Waals surface area contributed by atoms with Crippen molar-refractivity contribution in [3.8, 4) is 0 Å². The summed E-state index contributed by atoms with van der Waals surface area (Å²) in [6.07, 6.45) is 3.80. The Hall–Kier alpha value is -0.830. The van der Waals surface area contributed by atoms with Crippen LogP contribution in [0.2, 0.25) is 0 Å². The summed E-state index contributed by atoms with van der Waals surface area (Å²) in [5.41, 5.74) is 1.85. The molecule has 1 aromatic carbocycles. The highest BCUT2D eigenvalue weighted by atomic mass is 79.9.